The molecule has 1 aliphatic heterocycles. The van der Waals surface area contributed by atoms with Crippen LogP contribution in [0.1, 0.15) is 6.42 Å². The Labute approximate surface area is 205 Å². The third kappa shape index (κ3) is 4.38. The Balaban J connectivity index is 1.35. The van der Waals surface area contributed by atoms with Gasteiger partial charge in [-0.25, -0.2) is 9.97 Å². The lowest BCUT2D eigenvalue weighted by atomic mass is 10.2. The first-order valence-electron chi connectivity index (χ1n) is 11.3. The molecular weight excluding hydrogens is 462 g/mol. The highest BCUT2D eigenvalue weighted by atomic mass is 32.2. The summed E-state index contributed by atoms with van der Waals surface area (Å²) in [7, 11) is 0. The van der Waals surface area contributed by atoms with E-state index in [-0.39, 0.29) is 11.7 Å². The Morgan fingerprint density at radius 1 is 0.943 bits per heavy atom. The molecule has 0 unspecified atom stereocenters. The highest BCUT2D eigenvalue weighted by Gasteiger charge is 2.18. The Bertz CT molecular complexity index is 1540. The predicted molar refractivity (Wildman–Crippen MR) is 135 cm³/mol. The Kier molecular flexibility index (Phi) is 5.67. The lowest BCUT2D eigenvalue weighted by Crippen LogP contribution is -2.14. The third-order valence-electron chi connectivity index (χ3n) is 5.55. The molecule has 2 aromatic heterocycles. The molecule has 35 heavy (non-hydrogen) atoms. The van der Waals surface area contributed by atoms with Crippen molar-refractivity contribution >= 4 is 39.9 Å². The standard InChI is InChI=1S/C26H21N5O3S/c32-23(27-18-7-2-1-3-8-18)16-35-26-28-20-10-5-4-9-19(20)25-29-24(30-31(25)26)17-11-12-21-22(15-17)34-14-6-13-33-21/h1-5,7-12,15H,6,13-14,16H2,(H,27,32). The summed E-state index contributed by atoms with van der Waals surface area (Å²) < 4.78 is 13.3. The Morgan fingerprint density at radius 3 is 2.63 bits per heavy atom. The van der Waals surface area contributed by atoms with Gasteiger partial charge in [0.25, 0.3) is 0 Å². The van der Waals surface area contributed by atoms with Crippen LogP contribution < -0.4 is 14.8 Å². The van der Waals surface area contributed by atoms with Gasteiger partial charge in [-0.2, -0.15) is 4.52 Å². The molecule has 8 nitrogen and oxygen atoms in total. The number of anilines is 1. The zero-order chi connectivity index (χ0) is 23.6. The van der Waals surface area contributed by atoms with Gasteiger partial charge in [-0.3, -0.25) is 4.79 Å². The molecule has 5 aromatic rings. The van der Waals surface area contributed by atoms with Crippen LogP contribution in [-0.2, 0) is 4.79 Å². The van der Waals surface area contributed by atoms with Gasteiger partial charge in [0.1, 0.15) is 0 Å². The Morgan fingerprint density at radius 2 is 1.74 bits per heavy atom. The molecule has 1 amide bonds. The number of benzene rings is 3. The van der Waals surface area contributed by atoms with E-state index in [2.05, 4.69) is 5.32 Å². The van der Waals surface area contributed by atoms with E-state index in [1.54, 1.807) is 4.52 Å². The maximum absolute atomic E-state index is 12.5. The molecule has 3 aromatic carbocycles. The quantitative estimate of drug-likeness (QED) is 0.283. The van der Waals surface area contributed by atoms with Gasteiger partial charge in [0, 0.05) is 23.1 Å². The number of aromatic nitrogens is 4. The van der Waals surface area contributed by atoms with E-state index >= 15 is 0 Å². The fourth-order valence-corrected chi connectivity index (χ4v) is 4.64. The molecule has 6 rings (SSSR count). The van der Waals surface area contributed by atoms with E-state index in [1.165, 1.54) is 11.8 Å². The van der Waals surface area contributed by atoms with E-state index in [4.69, 9.17) is 24.5 Å². The van der Waals surface area contributed by atoms with E-state index in [9.17, 15) is 4.79 Å². The summed E-state index contributed by atoms with van der Waals surface area (Å²) in [5.41, 5.74) is 3.05. The van der Waals surface area contributed by atoms with Gasteiger partial charge in [0.05, 0.1) is 24.5 Å². The molecule has 0 saturated heterocycles. The van der Waals surface area contributed by atoms with Crippen molar-refractivity contribution in [2.24, 2.45) is 0 Å². The average Bonchev–Trinajstić information content (AvgIpc) is 3.21. The first-order valence-corrected chi connectivity index (χ1v) is 12.3. The molecule has 9 heteroatoms. The predicted octanol–water partition coefficient (Wildman–Crippen LogP) is 4.84. The highest BCUT2D eigenvalue weighted by Crippen LogP contribution is 2.34. The van der Waals surface area contributed by atoms with Crippen LogP contribution in [0.2, 0.25) is 0 Å². The second-order valence-corrected chi connectivity index (χ2v) is 8.94. The smallest absolute Gasteiger partial charge is 0.234 e. The molecule has 0 saturated carbocycles. The number of hydrogen-bond acceptors (Lipinski definition) is 7. The van der Waals surface area contributed by atoms with Gasteiger partial charge in [-0.15, -0.1) is 5.10 Å². The van der Waals surface area contributed by atoms with Crippen molar-refractivity contribution in [3.63, 3.8) is 0 Å². The number of ether oxygens (including phenoxy) is 2. The maximum atomic E-state index is 12.5. The van der Waals surface area contributed by atoms with Crippen LogP contribution in [0.3, 0.4) is 0 Å². The number of hydrogen-bond donors (Lipinski definition) is 1. The highest BCUT2D eigenvalue weighted by molar-refractivity contribution is 7.99. The van der Waals surface area contributed by atoms with E-state index in [1.807, 2.05) is 72.8 Å². The van der Waals surface area contributed by atoms with Crippen LogP contribution in [-0.4, -0.2) is 44.5 Å². The van der Waals surface area contributed by atoms with Crippen molar-refractivity contribution in [2.75, 3.05) is 24.3 Å². The van der Waals surface area contributed by atoms with E-state index in [0.717, 1.165) is 34.3 Å². The summed E-state index contributed by atoms with van der Waals surface area (Å²) in [6.45, 7) is 1.24. The van der Waals surface area contributed by atoms with Crippen molar-refractivity contribution in [3.05, 3.63) is 72.8 Å². The molecule has 0 bridgehead atoms. The molecule has 0 spiro atoms. The van der Waals surface area contributed by atoms with Crippen LogP contribution >= 0.6 is 11.8 Å². The Hall–Kier alpha value is -4.11. The van der Waals surface area contributed by atoms with Gasteiger partial charge in [0.2, 0.25) is 5.91 Å². The van der Waals surface area contributed by atoms with Gasteiger partial charge >= 0.3 is 0 Å². The van der Waals surface area contributed by atoms with Crippen LogP contribution in [0.25, 0.3) is 27.9 Å². The zero-order valence-corrected chi connectivity index (χ0v) is 19.5. The van der Waals surface area contributed by atoms with Crippen molar-refractivity contribution in [2.45, 2.75) is 11.6 Å². The first-order chi connectivity index (χ1) is 17.2. The lowest BCUT2D eigenvalue weighted by molar-refractivity contribution is -0.113. The normalized spacial score (nSPS) is 13.0. The van der Waals surface area contributed by atoms with Crippen molar-refractivity contribution in [1.82, 2.24) is 19.6 Å². The number of nitrogens with one attached hydrogen (secondary N) is 1. The number of para-hydroxylation sites is 2. The third-order valence-corrected chi connectivity index (χ3v) is 6.47. The van der Waals surface area contributed by atoms with Crippen LogP contribution in [0.15, 0.2) is 78.0 Å². The number of rotatable bonds is 5. The first kappa shape index (κ1) is 21.4. The fraction of sp³-hybridized carbons (Fsp3) is 0.154. The minimum atomic E-state index is -0.118. The minimum absolute atomic E-state index is 0.118. The van der Waals surface area contributed by atoms with Gasteiger partial charge in [-0.1, -0.05) is 42.1 Å². The largest absolute Gasteiger partial charge is 0.490 e. The molecule has 0 fully saturated rings. The second-order valence-electron chi connectivity index (χ2n) is 8.00. The maximum Gasteiger partial charge on any atom is 0.234 e. The molecule has 1 aliphatic rings. The SMILES string of the molecule is O=C(CSc1nc2ccccc2c2nc(-c3ccc4c(c3)OCCCO4)nn12)Nc1ccccc1. The zero-order valence-electron chi connectivity index (χ0n) is 18.7. The summed E-state index contributed by atoms with van der Waals surface area (Å²) in [5, 5.41) is 9.15. The summed E-state index contributed by atoms with van der Waals surface area (Å²) in [4.78, 5) is 22.2. The number of fused-ring (bicyclic) bond motifs is 4. The fourth-order valence-electron chi connectivity index (χ4n) is 3.90. The molecule has 174 valence electrons. The topological polar surface area (TPSA) is 90.6 Å². The monoisotopic (exact) mass is 483 g/mol. The molecular formula is C26H21N5O3S. The summed E-state index contributed by atoms with van der Waals surface area (Å²) in [6.07, 6.45) is 0.840. The number of thioether (sulfide) groups is 1. The van der Waals surface area contributed by atoms with Crippen molar-refractivity contribution in [3.8, 4) is 22.9 Å². The van der Waals surface area contributed by atoms with Gasteiger partial charge < -0.3 is 14.8 Å². The van der Waals surface area contributed by atoms with Gasteiger partial charge in [0.15, 0.2) is 28.1 Å². The number of amides is 1. The molecule has 1 N–H and O–H groups in total. The number of nitrogens with zero attached hydrogens (tertiary/aromatic N) is 4. The van der Waals surface area contributed by atoms with Crippen LogP contribution in [0, 0.1) is 0 Å². The summed E-state index contributed by atoms with van der Waals surface area (Å²) in [5.74, 6) is 2.04. The molecule has 0 radical (unpaired) electrons. The second kappa shape index (κ2) is 9.27. The van der Waals surface area contributed by atoms with Crippen molar-refractivity contribution in [1.29, 1.82) is 0 Å². The van der Waals surface area contributed by atoms with Crippen LogP contribution in [0.5, 0.6) is 11.5 Å². The molecule has 0 aliphatic carbocycles. The van der Waals surface area contributed by atoms with Crippen LogP contribution in [0.4, 0.5) is 5.69 Å². The van der Waals surface area contributed by atoms with Crippen molar-refractivity contribution < 1.29 is 14.3 Å². The average molecular weight is 484 g/mol. The summed E-state index contributed by atoms with van der Waals surface area (Å²) in [6, 6.07) is 22.9. The van der Waals surface area contributed by atoms with E-state index in [0.29, 0.717) is 35.6 Å². The lowest BCUT2D eigenvalue weighted by Gasteiger charge is -2.07. The summed E-state index contributed by atoms with van der Waals surface area (Å²) >= 11 is 1.32. The molecule has 0 atom stereocenters. The number of carbonyl (C=O) groups is 1. The van der Waals surface area contributed by atoms with Gasteiger partial charge in [-0.05, 0) is 42.5 Å². The number of carbonyl (C=O) groups excluding carboxylic acids is 1. The van der Waals surface area contributed by atoms with E-state index < -0.39 is 0 Å². The minimum Gasteiger partial charge on any atom is -0.490 e. The molecule has 3 heterocycles.